The van der Waals surface area contributed by atoms with E-state index in [1.807, 2.05) is 44.2 Å². The second-order valence-electron chi connectivity index (χ2n) is 4.80. The van der Waals surface area contributed by atoms with Crippen LogP contribution in [0.2, 0.25) is 0 Å². The summed E-state index contributed by atoms with van der Waals surface area (Å²) in [5, 5.41) is 9.88. The zero-order valence-electron chi connectivity index (χ0n) is 9.76. The van der Waals surface area contributed by atoms with Gasteiger partial charge in [0.25, 0.3) is 0 Å². The molecular formula is C14H18O2. The van der Waals surface area contributed by atoms with Gasteiger partial charge in [-0.25, -0.2) is 0 Å². The molecule has 2 heteroatoms. The van der Waals surface area contributed by atoms with Crippen LogP contribution in [0.15, 0.2) is 30.3 Å². The topological polar surface area (TPSA) is 37.3 Å². The normalized spacial score (nSPS) is 35.1. The lowest BCUT2D eigenvalue weighted by molar-refractivity contribution is -0.134. The van der Waals surface area contributed by atoms with E-state index >= 15 is 0 Å². The third-order valence-corrected chi connectivity index (χ3v) is 3.80. The number of carbonyl (C=O) groups is 1. The Morgan fingerprint density at radius 2 is 1.75 bits per heavy atom. The van der Waals surface area contributed by atoms with Crippen molar-refractivity contribution >= 4 is 5.78 Å². The Morgan fingerprint density at radius 3 is 2.38 bits per heavy atom. The van der Waals surface area contributed by atoms with Gasteiger partial charge in [-0.3, -0.25) is 4.79 Å². The Balaban J connectivity index is 2.26. The van der Waals surface area contributed by atoms with Crippen LogP contribution in [0.1, 0.15) is 31.7 Å². The molecule has 1 saturated carbocycles. The van der Waals surface area contributed by atoms with Gasteiger partial charge in [-0.1, -0.05) is 44.2 Å². The number of aliphatic hydroxyl groups is 1. The second kappa shape index (κ2) is 4.38. The van der Waals surface area contributed by atoms with Gasteiger partial charge in [0, 0.05) is 11.8 Å². The van der Waals surface area contributed by atoms with Gasteiger partial charge < -0.3 is 5.11 Å². The Bertz CT molecular complexity index is 372. The number of hydrogen-bond donors (Lipinski definition) is 1. The second-order valence-corrected chi connectivity index (χ2v) is 4.80. The van der Waals surface area contributed by atoms with Crippen LogP contribution in [-0.2, 0) is 4.79 Å². The summed E-state index contributed by atoms with van der Waals surface area (Å²) in [4.78, 5) is 12.0. The first-order valence-electron chi connectivity index (χ1n) is 5.88. The van der Waals surface area contributed by atoms with Crippen molar-refractivity contribution < 1.29 is 9.90 Å². The highest BCUT2D eigenvalue weighted by molar-refractivity contribution is 5.85. The molecule has 86 valence electrons. The Morgan fingerprint density at radius 1 is 1.12 bits per heavy atom. The fraction of sp³-hybridized carbons (Fsp3) is 0.500. The largest absolute Gasteiger partial charge is 0.392 e. The molecule has 1 fully saturated rings. The van der Waals surface area contributed by atoms with Crippen LogP contribution in [0, 0.1) is 11.8 Å². The van der Waals surface area contributed by atoms with Gasteiger partial charge in [-0.15, -0.1) is 0 Å². The Labute approximate surface area is 96.3 Å². The van der Waals surface area contributed by atoms with E-state index in [0.717, 1.165) is 5.56 Å². The number of aliphatic hydroxyl groups excluding tert-OH is 1. The summed E-state index contributed by atoms with van der Waals surface area (Å²) in [6.45, 7) is 3.80. The molecule has 2 rings (SSSR count). The molecule has 0 aliphatic heterocycles. The molecule has 0 saturated heterocycles. The van der Waals surface area contributed by atoms with Gasteiger partial charge in [-0.2, -0.15) is 0 Å². The van der Waals surface area contributed by atoms with Gasteiger partial charge in [-0.05, 0) is 17.9 Å². The third kappa shape index (κ3) is 1.90. The molecule has 1 aromatic rings. The van der Waals surface area contributed by atoms with Gasteiger partial charge in [0.2, 0.25) is 0 Å². The lowest BCUT2D eigenvalue weighted by Crippen LogP contribution is -2.39. The minimum absolute atomic E-state index is 0.0146. The molecular weight excluding hydrogens is 200 g/mol. The van der Waals surface area contributed by atoms with E-state index in [9.17, 15) is 9.90 Å². The standard InChI is InChI=1S/C14H18O2/c1-9-12(11-6-4-3-5-7-11)8-13(15)10(2)14(9)16/h3-7,9-10,12-13,15H,8H2,1-2H3/t9-,10+,12+,13+/m1/s1. The SMILES string of the molecule is C[C@@H]1C(=O)[C@H](C)[C@@H](c2ccccc2)C[C@@H]1O. The summed E-state index contributed by atoms with van der Waals surface area (Å²) in [5.74, 6) is 0.156. The maximum Gasteiger partial charge on any atom is 0.141 e. The molecule has 0 bridgehead atoms. The number of rotatable bonds is 1. The number of Topliss-reactive ketones (excluding diaryl/α,β-unsaturated/α-hetero) is 1. The monoisotopic (exact) mass is 218 g/mol. The van der Waals surface area contributed by atoms with Crippen LogP contribution in [0.25, 0.3) is 0 Å². The molecule has 1 N–H and O–H groups in total. The highest BCUT2D eigenvalue weighted by Gasteiger charge is 2.38. The van der Waals surface area contributed by atoms with Crippen molar-refractivity contribution in [3.63, 3.8) is 0 Å². The Kier molecular flexibility index (Phi) is 3.10. The maximum atomic E-state index is 12.0. The van der Waals surface area contributed by atoms with Gasteiger partial charge in [0.1, 0.15) is 5.78 Å². The molecule has 0 amide bonds. The lowest BCUT2D eigenvalue weighted by atomic mass is 9.70. The minimum atomic E-state index is -0.492. The van der Waals surface area contributed by atoms with E-state index in [0.29, 0.717) is 6.42 Å². The number of hydrogen-bond acceptors (Lipinski definition) is 2. The summed E-state index contributed by atoms with van der Waals surface area (Å²) < 4.78 is 0. The summed E-state index contributed by atoms with van der Waals surface area (Å²) in [7, 11) is 0. The third-order valence-electron chi connectivity index (χ3n) is 3.80. The minimum Gasteiger partial charge on any atom is -0.392 e. The molecule has 1 aliphatic carbocycles. The first-order chi connectivity index (χ1) is 7.61. The van der Waals surface area contributed by atoms with Crippen molar-refractivity contribution in [2.75, 3.05) is 0 Å². The van der Waals surface area contributed by atoms with E-state index in [2.05, 4.69) is 0 Å². The zero-order valence-corrected chi connectivity index (χ0v) is 9.76. The quantitative estimate of drug-likeness (QED) is 0.785. The van der Waals surface area contributed by atoms with E-state index in [-0.39, 0.29) is 23.5 Å². The van der Waals surface area contributed by atoms with Crippen LogP contribution in [0.4, 0.5) is 0 Å². The summed E-state index contributed by atoms with van der Waals surface area (Å²) in [6.07, 6.45) is 0.201. The number of carbonyl (C=O) groups excluding carboxylic acids is 1. The van der Waals surface area contributed by atoms with Gasteiger partial charge in [0.15, 0.2) is 0 Å². The predicted molar refractivity (Wildman–Crippen MR) is 63.1 cm³/mol. The molecule has 4 atom stereocenters. The van der Waals surface area contributed by atoms with E-state index in [1.54, 1.807) is 0 Å². The summed E-state index contributed by atoms with van der Waals surface area (Å²) >= 11 is 0. The van der Waals surface area contributed by atoms with Gasteiger partial charge in [0.05, 0.1) is 6.10 Å². The average Bonchev–Trinajstić information content (AvgIpc) is 2.32. The highest BCUT2D eigenvalue weighted by Crippen LogP contribution is 2.37. The van der Waals surface area contributed by atoms with Crippen LogP contribution in [0.3, 0.4) is 0 Å². The first kappa shape index (κ1) is 11.3. The van der Waals surface area contributed by atoms with Crippen LogP contribution in [0.5, 0.6) is 0 Å². The molecule has 1 aliphatic rings. The van der Waals surface area contributed by atoms with Crippen LogP contribution < -0.4 is 0 Å². The van der Waals surface area contributed by atoms with Crippen LogP contribution in [-0.4, -0.2) is 17.0 Å². The maximum absolute atomic E-state index is 12.0. The van der Waals surface area contributed by atoms with Crippen molar-refractivity contribution in [1.29, 1.82) is 0 Å². The Hall–Kier alpha value is -1.15. The number of benzene rings is 1. The fourth-order valence-electron chi connectivity index (χ4n) is 2.60. The summed E-state index contributed by atoms with van der Waals surface area (Å²) in [5.41, 5.74) is 1.16. The predicted octanol–water partition coefficient (Wildman–Crippen LogP) is 2.38. The molecule has 2 nitrogen and oxygen atoms in total. The average molecular weight is 218 g/mol. The molecule has 0 spiro atoms. The van der Waals surface area contributed by atoms with E-state index < -0.39 is 6.10 Å². The van der Waals surface area contributed by atoms with Gasteiger partial charge >= 0.3 is 0 Å². The highest BCUT2D eigenvalue weighted by atomic mass is 16.3. The molecule has 0 heterocycles. The fourth-order valence-corrected chi connectivity index (χ4v) is 2.60. The van der Waals surface area contributed by atoms with E-state index in [1.165, 1.54) is 0 Å². The van der Waals surface area contributed by atoms with Crippen LogP contribution >= 0.6 is 0 Å². The van der Waals surface area contributed by atoms with Crippen molar-refractivity contribution in [1.82, 2.24) is 0 Å². The summed E-state index contributed by atoms with van der Waals surface area (Å²) in [6, 6.07) is 10.0. The molecule has 0 radical (unpaired) electrons. The zero-order chi connectivity index (χ0) is 11.7. The van der Waals surface area contributed by atoms with Crippen molar-refractivity contribution in [3.05, 3.63) is 35.9 Å². The number of ketones is 1. The molecule has 1 aromatic carbocycles. The lowest BCUT2D eigenvalue weighted by Gasteiger charge is -2.35. The van der Waals surface area contributed by atoms with Crippen molar-refractivity contribution in [3.8, 4) is 0 Å². The smallest absolute Gasteiger partial charge is 0.141 e. The molecule has 0 aromatic heterocycles. The van der Waals surface area contributed by atoms with Crippen molar-refractivity contribution in [2.24, 2.45) is 11.8 Å². The van der Waals surface area contributed by atoms with Crippen molar-refractivity contribution in [2.45, 2.75) is 32.3 Å². The molecule has 0 unspecified atom stereocenters. The molecule has 16 heavy (non-hydrogen) atoms. The van der Waals surface area contributed by atoms with E-state index in [4.69, 9.17) is 0 Å². The first-order valence-corrected chi connectivity index (χ1v) is 5.88.